The molecule has 1 aliphatic carbocycles. The van der Waals surface area contributed by atoms with E-state index in [0.29, 0.717) is 32.1 Å². The summed E-state index contributed by atoms with van der Waals surface area (Å²) in [6.07, 6.45) is 2.77. The van der Waals surface area contributed by atoms with Crippen molar-refractivity contribution in [2.45, 2.75) is 38.5 Å². The average Bonchev–Trinajstić information content (AvgIpc) is 2.47. The number of carboxylic acid groups (broad SMARTS) is 1. The van der Waals surface area contributed by atoms with Crippen LogP contribution in [-0.2, 0) is 23.9 Å². The monoisotopic (exact) mass is 320 g/mol. The van der Waals surface area contributed by atoms with Crippen LogP contribution in [-0.4, -0.2) is 42.1 Å². The van der Waals surface area contributed by atoms with Crippen molar-refractivity contribution in [2.24, 2.45) is 11.8 Å². The number of carbonyl (C=O) groups is 3. The normalized spacial score (nSPS) is 21.6. The maximum atomic E-state index is 11.8. The van der Waals surface area contributed by atoms with E-state index in [4.69, 9.17) is 26.2 Å². The third kappa shape index (κ3) is 6.80. The minimum atomic E-state index is -0.791. The highest BCUT2D eigenvalue weighted by molar-refractivity contribution is 6.18. The predicted octanol–water partition coefficient (Wildman–Crippen LogP) is 1.98. The molecular formula is C14H21ClO6. The number of carbonyl (C=O) groups excluding carboxylic acids is 2. The number of alkyl halides is 1. The number of ether oxygens (including phenoxy) is 2. The summed E-state index contributed by atoms with van der Waals surface area (Å²) in [7, 11) is 0. The summed E-state index contributed by atoms with van der Waals surface area (Å²) in [5.74, 6) is -1.75. The van der Waals surface area contributed by atoms with Gasteiger partial charge in [0.05, 0.1) is 31.5 Å². The van der Waals surface area contributed by atoms with Gasteiger partial charge in [-0.05, 0) is 25.7 Å². The van der Waals surface area contributed by atoms with E-state index in [2.05, 4.69) is 0 Å². The standard InChI is InChI=1S/C14H21ClO6/c15-7-6-12(16)20-8-1-9-21-14(19)11-4-2-10(3-5-11)13(17)18/h10-11H,1-9H2,(H,17,18). The Kier molecular flexibility index (Phi) is 8.12. The average molecular weight is 321 g/mol. The van der Waals surface area contributed by atoms with Gasteiger partial charge in [0.2, 0.25) is 0 Å². The molecule has 0 aromatic carbocycles. The van der Waals surface area contributed by atoms with Gasteiger partial charge in [-0.15, -0.1) is 11.6 Å². The van der Waals surface area contributed by atoms with Gasteiger partial charge < -0.3 is 14.6 Å². The van der Waals surface area contributed by atoms with E-state index in [1.54, 1.807) is 0 Å². The second kappa shape index (κ2) is 9.60. The molecule has 0 aromatic rings. The van der Waals surface area contributed by atoms with Crippen LogP contribution in [0.2, 0.25) is 0 Å². The maximum absolute atomic E-state index is 11.8. The number of hydrogen-bond acceptors (Lipinski definition) is 5. The van der Waals surface area contributed by atoms with Gasteiger partial charge in [-0.3, -0.25) is 14.4 Å². The topological polar surface area (TPSA) is 89.9 Å². The molecule has 1 N–H and O–H groups in total. The van der Waals surface area contributed by atoms with E-state index in [0.717, 1.165) is 0 Å². The third-order valence-electron chi connectivity index (χ3n) is 3.50. The van der Waals surface area contributed by atoms with Gasteiger partial charge in [0.1, 0.15) is 0 Å². The fourth-order valence-electron chi connectivity index (χ4n) is 2.26. The lowest BCUT2D eigenvalue weighted by atomic mass is 9.82. The SMILES string of the molecule is O=C(CCCl)OCCCOC(=O)C1CCC(C(=O)O)CC1. The van der Waals surface area contributed by atoms with Gasteiger partial charge in [0.15, 0.2) is 0 Å². The lowest BCUT2D eigenvalue weighted by Crippen LogP contribution is -2.27. The maximum Gasteiger partial charge on any atom is 0.308 e. The van der Waals surface area contributed by atoms with Crippen LogP contribution >= 0.6 is 11.6 Å². The summed E-state index contributed by atoms with van der Waals surface area (Å²) < 4.78 is 9.99. The van der Waals surface area contributed by atoms with Crippen molar-refractivity contribution in [1.82, 2.24) is 0 Å². The first-order chi connectivity index (χ1) is 10.0. The van der Waals surface area contributed by atoms with Gasteiger partial charge >= 0.3 is 17.9 Å². The molecule has 0 amide bonds. The Bertz CT molecular complexity index is 362. The molecule has 0 spiro atoms. The van der Waals surface area contributed by atoms with Crippen molar-refractivity contribution in [3.63, 3.8) is 0 Å². The molecule has 0 aliphatic heterocycles. The molecule has 0 atom stereocenters. The van der Waals surface area contributed by atoms with E-state index in [-0.39, 0.29) is 49.3 Å². The zero-order chi connectivity index (χ0) is 15.7. The van der Waals surface area contributed by atoms with Gasteiger partial charge in [0.25, 0.3) is 0 Å². The zero-order valence-electron chi connectivity index (χ0n) is 11.9. The summed E-state index contributed by atoms with van der Waals surface area (Å²) in [6, 6.07) is 0. The summed E-state index contributed by atoms with van der Waals surface area (Å²) in [5, 5.41) is 8.88. The van der Waals surface area contributed by atoms with Crippen LogP contribution in [0.5, 0.6) is 0 Å². The number of carboxylic acids is 1. The molecule has 1 saturated carbocycles. The number of rotatable bonds is 8. The van der Waals surface area contributed by atoms with Crippen molar-refractivity contribution in [2.75, 3.05) is 19.1 Å². The molecule has 0 saturated heterocycles. The molecule has 0 bridgehead atoms. The minimum absolute atomic E-state index is 0.175. The summed E-state index contributed by atoms with van der Waals surface area (Å²) in [5.41, 5.74) is 0. The molecular weight excluding hydrogens is 300 g/mol. The van der Waals surface area contributed by atoms with E-state index in [9.17, 15) is 14.4 Å². The molecule has 0 aromatic heterocycles. The summed E-state index contributed by atoms with van der Waals surface area (Å²) >= 11 is 5.39. The Morgan fingerprint density at radius 2 is 1.57 bits per heavy atom. The van der Waals surface area contributed by atoms with Crippen molar-refractivity contribution >= 4 is 29.5 Å². The highest BCUT2D eigenvalue weighted by Crippen LogP contribution is 2.29. The van der Waals surface area contributed by atoms with Crippen LogP contribution in [0.15, 0.2) is 0 Å². The zero-order valence-corrected chi connectivity index (χ0v) is 12.6. The largest absolute Gasteiger partial charge is 0.481 e. The Hall–Kier alpha value is -1.30. The van der Waals surface area contributed by atoms with Crippen LogP contribution in [0.1, 0.15) is 38.5 Å². The van der Waals surface area contributed by atoms with E-state index >= 15 is 0 Å². The molecule has 6 nitrogen and oxygen atoms in total. The molecule has 120 valence electrons. The number of aliphatic carboxylic acids is 1. The van der Waals surface area contributed by atoms with Crippen LogP contribution in [0.25, 0.3) is 0 Å². The fraction of sp³-hybridized carbons (Fsp3) is 0.786. The van der Waals surface area contributed by atoms with Crippen LogP contribution in [0.3, 0.4) is 0 Å². The number of esters is 2. The van der Waals surface area contributed by atoms with Crippen molar-refractivity contribution < 1.29 is 29.0 Å². The first-order valence-electron chi connectivity index (χ1n) is 7.15. The molecule has 21 heavy (non-hydrogen) atoms. The fourth-order valence-corrected chi connectivity index (χ4v) is 2.42. The quantitative estimate of drug-likeness (QED) is 0.418. The second-order valence-electron chi connectivity index (χ2n) is 5.07. The first kappa shape index (κ1) is 17.8. The molecule has 1 aliphatic rings. The second-order valence-corrected chi connectivity index (χ2v) is 5.45. The van der Waals surface area contributed by atoms with Gasteiger partial charge in [0, 0.05) is 12.3 Å². The summed E-state index contributed by atoms with van der Waals surface area (Å²) in [4.78, 5) is 33.6. The van der Waals surface area contributed by atoms with Crippen LogP contribution < -0.4 is 0 Å². The van der Waals surface area contributed by atoms with Crippen molar-refractivity contribution in [3.05, 3.63) is 0 Å². The van der Waals surface area contributed by atoms with E-state index in [1.165, 1.54) is 0 Å². The van der Waals surface area contributed by atoms with Crippen LogP contribution in [0, 0.1) is 11.8 Å². The number of hydrogen-bond donors (Lipinski definition) is 1. The van der Waals surface area contributed by atoms with Crippen LogP contribution in [0.4, 0.5) is 0 Å². The van der Waals surface area contributed by atoms with Crippen molar-refractivity contribution in [1.29, 1.82) is 0 Å². The van der Waals surface area contributed by atoms with E-state index < -0.39 is 5.97 Å². The van der Waals surface area contributed by atoms with Gasteiger partial charge in [-0.1, -0.05) is 0 Å². The van der Waals surface area contributed by atoms with Gasteiger partial charge in [-0.2, -0.15) is 0 Å². The Morgan fingerprint density at radius 3 is 2.14 bits per heavy atom. The molecule has 1 rings (SSSR count). The Labute approximate surface area is 128 Å². The number of halogens is 1. The van der Waals surface area contributed by atoms with Crippen molar-refractivity contribution in [3.8, 4) is 0 Å². The first-order valence-corrected chi connectivity index (χ1v) is 7.69. The Morgan fingerprint density at radius 1 is 1.00 bits per heavy atom. The molecule has 0 unspecified atom stereocenters. The van der Waals surface area contributed by atoms with E-state index in [1.807, 2.05) is 0 Å². The summed E-state index contributed by atoms with van der Waals surface area (Å²) in [6.45, 7) is 0.403. The third-order valence-corrected chi connectivity index (χ3v) is 3.69. The smallest absolute Gasteiger partial charge is 0.308 e. The predicted molar refractivity (Wildman–Crippen MR) is 75.0 cm³/mol. The Balaban J connectivity index is 2.09. The minimum Gasteiger partial charge on any atom is -0.481 e. The highest BCUT2D eigenvalue weighted by Gasteiger charge is 2.30. The van der Waals surface area contributed by atoms with Gasteiger partial charge in [-0.25, -0.2) is 0 Å². The lowest BCUT2D eigenvalue weighted by molar-refractivity contribution is -0.153. The molecule has 0 radical (unpaired) electrons. The molecule has 0 heterocycles. The lowest BCUT2D eigenvalue weighted by Gasteiger charge is -2.24. The molecule has 7 heteroatoms. The highest BCUT2D eigenvalue weighted by atomic mass is 35.5. The molecule has 1 fully saturated rings.